The number of carbonyl (C=O) groups is 2. The molecule has 1 amide bonds. The molecule has 0 unspecified atom stereocenters. The molecule has 0 aliphatic rings. The van der Waals surface area contributed by atoms with Crippen LogP contribution in [-0.2, 0) is 30.2 Å². The Kier molecular flexibility index (Phi) is 8.37. The minimum atomic E-state index is -1.05. The van der Waals surface area contributed by atoms with Crippen LogP contribution in [0.3, 0.4) is 0 Å². The van der Waals surface area contributed by atoms with Gasteiger partial charge in [-0.15, -0.1) is 0 Å². The monoisotopic (exact) mass is 340 g/mol. The van der Waals surface area contributed by atoms with Gasteiger partial charge in [-0.05, 0) is 0 Å². The summed E-state index contributed by atoms with van der Waals surface area (Å²) in [5.41, 5.74) is 0.190. The summed E-state index contributed by atoms with van der Waals surface area (Å²) in [6.07, 6.45) is -0.0619. The topological polar surface area (TPSA) is 117 Å². The number of nitrogens with zero attached hydrogens (tertiary/aromatic N) is 1. The number of amides is 1. The lowest BCUT2D eigenvalue weighted by Gasteiger charge is -2.16. The summed E-state index contributed by atoms with van der Waals surface area (Å²) in [6, 6.07) is 4.95. The Morgan fingerprint density at radius 1 is 1.25 bits per heavy atom. The largest absolute Gasteiger partial charge is 0.467 e. The molecule has 9 nitrogen and oxygen atoms in total. The van der Waals surface area contributed by atoms with Crippen LogP contribution in [0.5, 0.6) is 0 Å². The number of rotatable bonds is 10. The molecule has 0 heterocycles. The molecule has 1 aromatic rings. The second kappa shape index (κ2) is 10.3. The molecule has 1 atom stereocenters. The molecule has 0 aliphatic heterocycles. The highest BCUT2D eigenvalue weighted by Crippen LogP contribution is 2.19. The number of benzene rings is 1. The number of hydrogen-bond acceptors (Lipinski definition) is 7. The predicted molar refractivity (Wildman–Crippen MR) is 83.4 cm³/mol. The molecule has 24 heavy (non-hydrogen) atoms. The number of para-hydroxylation sites is 1. The average molecular weight is 340 g/mol. The summed E-state index contributed by atoms with van der Waals surface area (Å²) in [4.78, 5) is 34.2. The summed E-state index contributed by atoms with van der Waals surface area (Å²) in [7, 11) is 2.68. The van der Waals surface area contributed by atoms with Gasteiger partial charge in [0.1, 0.15) is 12.6 Å². The van der Waals surface area contributed by atoms with Crippen molar-refractivity contribution in [2.45, 2.75) is 12.5 Å². The van der Waals surface area contributed by atoms with Crippen molar-refractivity contribution in [3.8, 4) is 0 Å². The van der Waals surface area contributed by atoms with Gasteiger partial charge < -0.3 is 19.5 Å². The SMILES string of the molecule is COCCOCC(=O)N[C@@H](Cc1ccccc1[N+](=O)[O-])C(=O)OC. The summed E-state index contributed by atoms with van der Waals surface area (Å²) in [5, 5.41) is 13.5. The highest BCUT2D eigenvalue weighted by Gasteiger charge is 2.25. The van der Waals surface area contributed by atoms with E-state index in [9.17, 15) is 19.7 Å². The van der Waals surface area contributed by atoms with E-state index in [0.29, 0.717) is 12.2 Å². The number of nitrogens with one attached hydrogen (secondary N) is 1. The molecule has 0 fully saturated rings. The molecule has 0 saturated carbocycles. The molecular formula is C15H20N2O7. The molecule has 0 aliphatic carbocycles. The normalized spacial score (nSPS) is 11.6. The van der Waals surface area contributed by atoms with Crippen LogP contribution in [0.4, 0.5) is 5.69 Å². The average Bonchev–Trinajstić information content (AvgIpc) is 2.57. The number of carbonyl (C=O) groups excluding carboxylic acids is 2. The van der Waals surface area contributed by atoms with Crippen LogP contribution >= 0.6 is 0 Å². The summed E-state index contributed by atoms with van der Waals surface area (Å²) < 4.78 is 14.5. The molecule has 0 bridgehead atoms. The second-order valence-corrected chi connectivity index (χ2v) is 4.78. The number of nitro groups is 1. The van der Waals surface area contributed by atoms with Crippen molar-refractivity contribution < 1.29 is 28.7 Å². The Morgan fingerprint density at radius 3 is 2.58 bits per heavy atom. The fraction of sp³-hybridized carbons (Fsp3) is 0.467. The van der Waals surface area contributed by atoms with E-state index in [4.69, 9.17) is 9.47 Å². The van der Waals surface area contributed by atoms with E-state index in [1.165, 1.54) is 32.4 Å². The maximum Gasteiger partial charge on any atom is 0.328 e. The van der Waals surface area contributed by atoms with Gasteiger partial charge in [-0.25, -0.2) is 4.79 Å². The van der Waals surface area contributed by atoms with Gasteiger partial charge in [-0.2, -0.15) is 0 Å². The second-order valence-electron chi connectivity index (χ2n) is 4.78. The summed E-state index contributed by atoms with van der Waals surface area (Å²) in [6.45, 7) is 0.314. The minimum Gasteiger partial charge on any atom is -0.467 e. The number of methoxy groups -OCH3 is 2. The van der Waals surface area contributed by atoms with Gasteiger partial charge in [0, 0.05) is 25.2 Å². The first-order valence-corrected chi connectivity index (χ1v) is 7.15. The highest BCUT2D eigenvalue weighted by atomic mass is 16.6. The van der Waals surface area contributed by atoms with Gasteiger partial charge in [0.25, 0.3) is 5.69 Å². The molecule has 1 N–H and O–H groups in total. The third-order valence-corrected chi connectivity index (χ3v) is 3.10. The quantitative estimate of drug-likeness (QED) is 0.284. The van der Waals surface area contributed by atoms with E-state index in [1.807, 2.05) is 0 Å². The van der Waals surface area contributed by atoms with Gasteiger partial charge in [0.2, 0.25) is 5.91 Å². The number of nitro benzene ring substituents is 1. The zero-order chi connectivity index (χ0) is 17.9. The van der Waals surface area contributed by atoms with Gasteiger partial charge in [0.15, 0.2) is 0 Å². The maximum atomic E-state index is 11.8. The lowest BCUT2D eigenvalue weighted by molar-refractivity contribution is -0.385. The van der Waals surface area contributed by atoms with Crippen LogP contribution in [0, 0.1) is 10.1 Å². The zero-order valence-electron chi connectivity index (χ0n) is 13.5. The maximum absolute atomic E-state index is 11.8. The first-order valence-electron chi connectivity index (χ1n) is 7.15. The van der Waals surface area contributed by atoms with E-state index < -0.39 is 22.8 Å². The molecular weight excluding hydrogens is 320 g/mol. The van der Waals surface area contributed by atoms with Gasteiger partial charge in [-0.1, -0.05) is 18.2 Å². The lowest BCUT2D eigenvalue weighted by atomic mass is 10.0. The van der Waals surface area contributed by atoms with E-state index >= 15 is 0 Å². The highest BCUT2D eigenvalue weighted by molar-refractivity contribution is 5.85. The molecule has 1 aromatic carbocycles. The molecule has 0 radical (unpaired) electrons. The first-order chi connectivity index (χ1) is 11.5. The smallest absolute Gasteiger partial charge is 0.328 e. The van der Waals surface area contributed by atoms with Gasteiger partial charge >= 0.3 is 5.97 Å². The number of esters is 1. The van der Waals surface area contributed by atoms with E-state index in [2.05, 4.69) is 10.1 Å². The molecule has 0 saturated heterocycles. The molecule has 0 spiro atoms. The first kappa shape index (κ1) is 19.5. The van der Waals surface area contributed by atoms with Crippen LogP contribution in [0.1, 0.15) is 5.56 Å². The Labute approximate surface area is 139 Å². The summed E-state index contributed by atoms with van der Waals surface area (Å²) >= 11 is 0. The van der Waals surface area contributed by atoms with Crippen molar-refractivity contribution in [1.29, 1.82) is 0 Å². The third-order valence-electron chi connectivity index (χ3n) is 3.10. The minimum absolute atomic E-state index is 0.0619. The zero-order valence-corrected chi connectivity index (χ0v) is 13.5. The van der Waals surface area contributed by atoms with E-state index in [-0.39, 0.29) is 25.3 Å². The van der Waals surface area contributed by atoms with Gasteiger partial charge in [-0.3, -0.25) is 14.9 Å². The fourth-order valence-electron chi connectivity index (χ4n) is 1.96. The van der Waals surface area contributed by atoms with Crippen molar-refractivity contribution in [1.82, 2.24) is 5.32 Å². The molecule has 0 aromatic heterocycles. The van der Waals surface area contributed by atoms with Crippen molar-refractivity contribution in [2.75, 3.05) is 34.0 Å². The van der Waals surface area contributed by atoms with Crippen LogP contribution in [0.15, 0.2) is 24.3 Å². The predicted octanol–water partition coefficient (Wildman–Crippen LogP) is 0.458. The molecule has 1 rings (SSSR count). The Bertz CT molecular complexity index is 577. The van der Waals surface area contributed by atoms with E-state index in [0.717, 1.165) is 0 Å². The Morgan fingerprint density at radius 2 is 1.96 bits per heavy atom. The molecule has 132 valence electrons. The fourth-order valence-corrected chi connectivity index (χ4v) is 1.96. The van der Waals surface area contributed by atoms with E-state index in [1.54, 1.807) is 6.07 Å². The lowest BCUT2D eigenvalue weighted by Crippen LogP contribution is -2.44. The van der Waals surface area contributed by atoms with Crippen LogP contribution in [0.2, 0.25) is 0 Å². The van der Waals surface area contributed by atoms with Crippen molar-refractivity contribution >= 4 is 17.6 Å². The third kappa shape index (κ3) is 6.31. The number of ether oxygens (including phenoxy) is 3. The van der Waals surface area contributed by atoms with Crippen molar-refractivity contribution in [3.63, 3.8) is 0 Å². The van der Waals surface area contributed by atoms with Crippen LogP contribution in [0.25, 0.3) is 0 Å². The summed E-state index contributed by atoms with van der Waals surface area (Å²) in [5.74, 6) is -1.22. The van der Waals surface area contributed by atoms with Crippen molar-refractivity contribution in [2.24, 2.45) is 0 Å². The molecule has 9 heteroatoms. The Hall–Kier alpha value is -2.52. The standard InChI is InChI=1S/C15H20N2O7/c1-22-7-8-24-10-14(18)16-12(15(19)23-2)9-11-5-3-4-6-13(11)17(20)21/h3-6,12H,7-10H2,1-2H3,(H,16,18)/t12-/m0/s1. The van der Waals surface area contributed by atoms with Gasteiger partial charge in [0.05, 0.1) is 25.2 Å². The van der Waals surface area contributed by atoms with Crippen LogP contribution in [-0.4, -0.2) is 56.9 Å². The van der Waals surface area contributed by atoms with Crippen molar-refractivity contribution in [3.05, 3.63) is 39.9 Å². The van der Waals surface area contributed by atoms with Crippen LogP contribution < -0.4 is 5.32 Å². The Balaban J connectivity index is 2.75. The number of hydrogen-bond donors (Lipinski definition) is 1.